The summed E-state index contributed by atoms with van der Waals surface area (Å²) in [5.41, 5.74) is -0.357. The maximum absolute atomic E-state index is 13.4. The third kappa shape index (κ3) is 24.9. The van der Waals surface area contributed by atoms with Gasteiger partial charge in [0, 0.05) is 91.4 Å². The Balaban J connectivity index is 0.0000112. The maximum Gasteiger partial charge on any atom is 1.00 e. The molecule has 20 nitrogen and oxygen atoms in total. The van der Waals surface area contributed by atoms with Gasteiger partial charge >= 0.3 is 88.7 Å². The zero-order chi connectivity index (χ0) is 40.9. The summed E-state index contributed by atoms with van der Waals surface area (Å²) in [6.07, 6.45) is 2.25. The average molecular weight is 868 g/mol. The molecule has 0 aromatic rings. The van der Waals surface area contributed by atoms with Gasteiger partial charge in [0.15, 0.2) is 12.6 Å². The number of nitrogens with one attached hydrogen (secondary N) is 3. The first-order chi connectivity index (χ1) is 26.8. The molecule has 0 aromatic heterocycles. The van der Waals surface area contributed by atoms with Gasteiger partial charge in [-0.2, -0.15) is 0 Å². The number of carbonyl (C=O) groups is 6. The van der Waals surface area contributed by atoms with Crippen LogP contribution in [0.4, 0.5) is 0 Å². The molecule has 3 fully saturated rings. The molecule has 3 rings (SSSR count). The van der Waals surface area contributed by atoms with E-state index in [1.54, 1.807) is 14.7 Å². The van der Waals surface area contributed by atoms with E-state index in [2.05, 4.69) is 16.0 Å². The van der Waals surface area contributed by atoms with Crippen molar-refractivity contribution in [1.82, 2.24) is 35.6 Å². The molecular formula is C36H60N7Na3O13. The second-order valence-electron chi connectivity index (χ2n) is 14.9. The number of carboxylic acids is 3. The number of aliphatic carboxylic acids is 3. The molecule has 3 aliphatic heterocycles. The molecule has 23 heteroatoms. The number of Topliss-reactive ketones (excluding diaryl/α,β-unsaturated/α-hetero) is 1. The summed E-state index contributed by atoms with van der Waals surface area (Å²) >= 11 is 0. The summed E-state index contributed by atoms with van der Waals surface area (Å²) in [4.78, 5) is 79.1. The fourth-order valence-electron chi connectivity index (χ4n) is 6.63. The summed E-state index contributed by atoms with van der Waals surface area (Å²) in [5, 5.41) is 42.9. The Morgan fingerprint density at radius 2 is 1.00 bits per heavy atom. The Hall–Kier alpha value is -0.340. The van der Waals surface area contributed by atoms with Crippen LogP contribution in [0.5, 0.6) is 0 Å². The van der Waals surface area contributed by atoms with Crippen molar-refractivity contribution in [3.8, 4) is 0 Å². The van der Waals surface area contributed by atoms with Crippen LogP contribution in [0.15, 0.2) is 0 Å². The van der Waals surface area contributed by atoms with E-state index in [-0.39, 0.29) is 184 Å². The summed E-state index contributed by atoms with van der Waals surface area (Å²) < 4.78 is 23.7. The number of amides is 2. The van der Waals surface area contributed by atoms with Gasteiger partial charge in [-0.25, -0.2) is 0 Å². The maximum atomic E-state index is 13.4. The van der Waals surface area contributed by atoms with Crippen LogP contribution >= 0.6 is 0 Å². The van der Waals surface area contributed by atoms with E-state index in [1.807, 2.05) is 7.05 Å². The van der Waals surface area contributed by atoms with Gasteiger partial charge in [0.05, 0.1) is 56.3 Å². The van der Waals surface area contributed by atoms with Crippen LogP contribution in [-0.2, 0) is 47.7 Å². The van der Waals surface area contributed by atoms with Gasteiger partial charge in [-0.05, 0) is 46.2 Å². The number of carboxylic acid groups (broad SMARTS) is 3. The Bertz CT molecular complexity index is 1240. The molecule has 1 atom stereocenters. The van der Waals surface area contributed by atoms with Gasteiger partial charge < -0.3 is 69.4 Å². The monoisotopic (exact) mass is 867 g/mol. The number of carbonyl (C=O) groups excluding carboxylic acids is 6. The van der Waals surface area contributed by atoms with Crippen LogP contribution in [0.25, 0.3) is 0 Å². The summed E-state index contributed by atoms with van der Waals surface area (Å²) in [5.74, 6) is -5.10. The van der Waals surface area contributed by atoms with Crippen molar-refractivity contribution in [2.75, 3.05) is 125 Å². The minimum atomic E-state index is -1.33. The van der Waals surface area contributed by atoms with Crippen molar-refractivity contribution >= 4 is 35.5 Å². The number of ether oxygens (including phenoxy) is 4. The molecule has 0 aromatic carbocycles. The van der Waals surface area contributed by atoms with E-state index in [9.17, 15) is 44.1 Å². The molecule has 1 unspecified atom stereocenters. The predicted molar refractivity (Wildman–Crippen MR) is 192 cm³/mol. The van der Waals surface area contributed by atoms with E-state index >= 15 is 0 Å². The molecule has 2 amide bonds. The second-order valence-corrected chi connectivity index (χ2v) is 14.9. The zero-order valence-corrected chi connectivity index (χ0v) is 41.8. The Morgan fingerprint density at radius 3 is 1.36 bits per heavy atom. The standard InChI is InChI=1S/C36H63N7O13.3Na/c1-27(44)7-8-28(35(52)38-10-4-6-34-55-25-36(26-56-34)23-53-33(54-24-36)5-3-9-37-2)39-29(45)19-40-11-13-41(20-30(46)47)15-17-43(22-32(50)51)18-16-42(14-12-40)21-31(48)49;;;/h28,33-34,37H,3-26H2,1-2H3,(H,38,52)(H,39,45)(H,46,47)(H,48,49)(H,50,51);;;/q;3*+1/p-3. The average Bonchev–Trinajstić information content (AvgIpc) is 3.14. The van der Waals surface area contributed by atoms with E-state index in [0.717, 1.165) is 19.4 Å². The van der Waals surface area contributed by atoms with E-state index in [0.29, 0.717) is 39.3 Å². The normalized spacial score (nSPS) is 23.2. The zero-order valence-electron chi connectivity index (χ0n) is 35.8. The van der Waals surface area contributed by atoms with Crippen molar-refractivity contribution in [2.24, 2.45) is 5.41 Å². The Labute approximate surface area is 413 Å². The molecule has 59 heavy (non-hydrogen) atoms. The topological polar surface area (TPSA) is 258 Å². The first-order valence-corrected chi connectivity index (χ1v) is 19.4. The van der Waals surface area contributed by atoms with Crippen molar-refractivity contribution in [3.63, 3.8) is 0 Å². The second kappa shape index (κ2) is 32.3. The van der Waals surface area contributed by atoms with Crippen molar-refractivity contribution in [1.29, 1.82) is 0 Å². The number of hydrogen-bond acceptors (Lipinski definition) is 18. The summed E-state index contributed by atoms with van der Waals surface area (Å²) in [6, 6.07) is -1.01. The number of nitrogens with zero attached hydrogens (tertiary/aromatic N) is 4. The first kappa shape index (κ1) is 58.7. The van der Waals surface area contributed by atoms with Crippen LogP contribution in [0.2, 0.25) is 0 Å². The number of hydrogen-bond donors (Lipinski definition) is 3. The molecule has 0 aliphatic carbocycles. The molecule has 3 N–H and O–H groups in total. The van der Waals surface area contributed by atoms with Gasteiger partial charge in [0.25, 0.3) is 0 Å². The SMILES string of the molecule is CNCCCC1OCC2(CO1)COC(CCCNC(=O)C(CCC(C)=O)NC(=O)CN1CCN(CC(=O)[O-])CCN(CC(=O)[O-])CCN(CC(=O)[O-])CC1)OC2.[Na+].[Na+].[Na+]. The van der Waals surface area contributed by atoms with Crippen LogP contribution in [-0.4, -0.2) is 199 Å². The van der Waals surface area contributed by atoms with Crippen molar-refractivity contribution in [3.05, 3.63) is 0 Å². The van der Waals surface area contributed by atoms with E-state index in [1.165, 1.54) is 11.8 Å². The Morgan fingerprint density at radius 1 is 0.627 bits per heavy atom. The first-order valence-electron chi connectivity index (χ1n) is 19.4. The quantitative estimate of drug-likeness (QED) is 0.0715. The molecule has 0 radical (unpaired) electrons. The van der Waals surface area contributed by atoms with Crippen LogP contribution < -0.4 is 120 Å². The smallest absolute Gasteiger partial charge is 0.549 e. The molecule has 0 bridgehead atoms. The van der Waals surface area contributed by atoms with Crippen LogP contribution in [0.1, 0.15) is 45.4 Å². The van der Waals surface area contributed by atoms with Crippen LogP contribution in [0, 0.1) is 5.41 Å². The largest absolute Gasteiger partial charge is 1.00 e. The molecule has 3 heterocycles. The number of ketones is 1. The van der Waals surface area contributed by atoms with Gasteiger partial charge in [-0.1, -0.05) is 0 Å². The predicted octanol–water partition coefficient (Wildman–Crippen LogP) is -15.0. The summed E-state index contributed by atoms with van der Waals surface area (Å²) in [6.45, 7) is 4.29. The third-order valence-corrected chi connectivity index (χ3v) is 9.88. The number of rotatable bonds is 21. The third-order valence-electron chi connectivity index (χ3n) is 9.88. The fraction of sp³-hybridized carbons (Fsp3) is 0.833. The molecule has 320 valence electrons. The summed E-state index contributed by atoms with van der Waals surface area (Å²) in [7, 11) is 1.90. The van der Waals surface area contributed by atoms with E-state index < -0.39 is 61.7 Å². The minimum Gasteiger partial charge on any atom is -0.549 e. The van der Waals surface area contributed by atoms with Crippen LogP contribution in [0.3, 0.4) is 0 Å². The van der Waals surface area contributed by atoms with Gasteiger partial charge in [-0.3, -0.25) is 29.2 Å². The Kier molecular flexibility index (Phi) is 32.2. The van der Waals surface area contributed by atoms with Gasteiger partial charge in [0.2, 0.25) is 11.8 Å². The van der Waals surface area contributed by atoms with Crippen molar-refractivity contribution in [2.45, 2.75) is 64.1 Å². The fourth-order valence-corrected chi connectivity index (χ4v) is 6.63. The van der Waals surface area contributed by atoms with Gasteiger partial charge in [-0.15, -0.1) is 0 Å². The molecule has 1 spiro atoms. The van der Waals surface area contributed by atoms with E-state index in [4.69, 9.17) is 18.9 Å². The molecule has 0 saturated carbocycles. The minimum absolute atomic E-state index is 0. The van der Waals surface area contributed by atoms with Crippen molar-refractivity contribution < 1.29 is 152 Å². The molecule has 3 saturated heterocycles. The molecular weight excluding hydrogens is 807 g/mol. The molecule has 3 aliphatic rings. The van der Waals surface area contributed by atoms with Gasteiger partial charge in [0.1, 0.15) is 11.8 Å².